The summed E-state index contributed by atoms with van der Waals surface area (Å²) in [6, 6.07) is 12.4. The Balaban J connectivity index is 1.34. The molecule has 9 heteroatoms. The molecule has 0 atom stereocenters. The number of esters is 1. The van der Waals surface area contributed by atoms with Crippen LogP contribution in [0.3, 0.4) is 0 Å². The molecule has 2 aromatic heterocycles. The van der Waals surface area contributed by atoms with E-state index in [2.05, 4.69) is 4.98 Å². The summed E-state index contributed by atoms with van der Waals surface area (Å²) in [5.74, 6) is 0.118. The minimum Gasteiger partial charge on any atom is -0.482 e. The number of H-pyrrole nitrogens is 1. The molecule has 0 spiro atoms. The lowest BCUT2D eigenvalue weighted by molar-refractivity contribution is -0.360. The lowest BCUT2D eigenvalue weighted by atomic mass is 9.91. The highest BCUT2D eigenvalue weighted by Gasteiger charge is 2.51. The van der Waals surface area contributed by atoms with Gasteiger partial charge in [-0.05, 0) is 54.6 Å². The van der Waals surface area contributed by atoms with Crippen molar-refractivity contribution in [2.24, 2.45) is 0 Å². The number of rotatable bonds is 7. The molecule has 0 saturated carbocycles. The van der Waals surface area contributed by atoms with Crippen LogP contribution in [0.15, 0.2) is 72.7 Å². The molecule has 34 heavy (non-hydrogen) atoms. The van der Waals surface area contributed by atoms with E-state index >= 15 is 8.63 Å². The second kappa shape index (κ2) is 8.66. The van der Waals surface area contributed by atoms with E-state index in [-0.39, 0.29) is 6.61 Å². The average molecular weight is 461 g/mol. The first-order valence-electron chi connectivity index (χ1n) is 11.0. The van der Waals surface area contributed by atoms with Gasteiger partial charge in [-0.1, -0.05) is 24.3 Å². The fourth-order valence-corrected chi connectivity index (χ4v) is 4.12. The third kappa shape index (κ3) is 4.00. The maximum absolute atomic E-state index is 15.6. The Bertz CT molecular complexity index is 1350. The van der Waals surface area contributed by atoms with Crippen molar-refractivity contribution in [3.8, 4) is 5.75 Å². The third-order valence-corrected chi connectivity index (χ3v) is 5.68. The van der Waals surface area contributed by atoms with E-state index in [0.717, 1.165) is 14.5 Å². The first-order valence-corrected chi connectivity index (χ1v) is 11.0. The van der Waals surface area contributed by atoms with Gasteiger partial charge in [0.2, 0.25) is 0 Å². The molecule has 1 N–H and O–H groups in total. The molecule has 0 bridgehead atoms. The summed E-state index contributed by atoms with van der Waals surface area (Å²) in [5, 5.41) is 0. The zero-order valence-corrected chi connectivity index (χ0v) is 18.4. The predicted molar refractivity (Wildman–Crippen MR) is 128 cm³/mol. The Morgan fingerprint density at radius 3 is 2.68 bits per heavy atom. The highest BCUT2D eigenvalue weighted by atomic mass is 19.2. The number of aromatic nitrogens is 2. The van der Waals surface area contributed by atoms with Gasteiger partial charge in [0, 0.05) is 30.1 Å². The average Bonchev–Trinajstić information content (AvgIpc) is 3.57. The van der Waals surface area contributed by atoms with Crippen molar-refractivity contribution in [1.82, 2.24) is 9.46 Å². The number of benzene rings is 1. The molecule has 5 rings (SSSR count). The zero-order valence-electron chi connectivity index (χ0n) is 18.4. The monoisotopic (exact) mass is 461 g/mol. The van der Waals surface area contributed by atoms with E-state index in [4.69, 9.17) is 9.47 Å². The van der Waals surface area contributed by atoms with E-state index in [1.54, 1.807) is 67.8 Å². The number of carbonyl (C=O) groups is 1. The number of allylic oxidation sites excluding steroid dienone is 2. The molecule has 6 nitrogen and oxygen atoms in total. The van der Waals surface area contributed by atoms with Crippen LogP contribution in [0.2, 0.25) is 0 Å². The summed E-state index contributed by atoms with van der Waals surface area (Å²) < 4.78 is 43.5. The van der Waals surface area contributed by atoms with Crippen LogP contribution in [-0.4, -0.2) is 45.8 Å². The van der Waals surface area contributed by atoms with Crippen molar-refractivity contribution < 1.29 is 27.4 Å². The van der Waals surface area contributed by atoms with Crippen molar-refractivity contribution in [1.29, 1.82) is 0 Å². The van der Waals surface area contributed by atoms with Gasteiger partial charge in [-0.15, -0.1) is 0 Å². The lowest BCUT2D eigenvalue weighted by Gasteiger charge is -2.28. The van der Waals surface area contributed by atoms with Gasteiger partial charge in [0.25, 0.3) is 0 Å². The maximum Gasteiger partial charge on any atom is 0.737 e. The number of ether oxygens (including phenoxy) is 2. The maximum atomic E-state index is 15.6. The van der Waals surface area contributed by atoms with Crippen molar-refractivity contribution in [3.63, 3.8) is 0 Å². The van der Waals surface area contributed by atoms with Crippen LogP contribution in [0.1, 0.15) is 29.4 Å². The molecule has 0 radical (unpaired) electrons. The number of aromatic amines is 1. The minimum atomic E-state index is -4.04. The molecule has 0 unspecified atom stereocenters. The first kappa shape index (κ1) is 21.7. The van der Waals surface area contributed by atoms with Crippen LogP contribution in [0, 0.1) is 0 Å². The Morgan fingerprint density at radius 1 is 1.15 bits per heavy atom. The van der Waals surface area contributed by atoms with Crippen molar-refractivity contribution in [2.45, 2.75) is 6.92 Å². The van der Waals surface area contributed by atoms with E-state index in [0.29, 0.717) is 40.7 Å². The molecule has 2 aliphatic heterocycles. The van der Waals surface area contributed by atoms with Gasteiger partial charge < -0.3 is 32.1 Å². The second-order valence-corrected chi connectivity index (χ2v) is 7.93. The van der Waals surface area contributed by atoms with Gasteiger partial charge in [0.05, 0.1) is 6.61 Å². The summed E-state index contributed by atoms with van der Waals surface area (Å²) in [7, 11) is 0. The number of hydrogen-bond acceptors (Lipinski definition) is 3. The smallest absolute Gasteiger partial charge is 0.482 e. The van der Waals surface area contributed by atoms with Gasteiger partial charge in [-0.3, -0.25) is 0 Å². The van der Waals surface area contributed by atoms with Gasteiger partial charge in [-0.2, -0.15) is 0 Å². The zero-order chi connectivity index (χ0) is 23.7. The lowest BCUT2D eigenvalue weighted by Crippen LogP contribution is -2.49. The highest BCUT2D eigenvalue weighted by molar-refractivity contribution is 6.58. The summed E-state index contributed by atoms with van der Waals surface area (Å²) >= 11 is 0. The predicted octanol–water partition coefficient (Wildman–Crippen LogP) is 4.58. The molecule has 2 aliphatic rings. The minimum absolute atomic E-state index is 0.153. The van der Waals surface area contributed by atoms with Crippen LogP contribution in [0.4, 0.5) is 8.63 Å². The molecule has 4 heterocycles. The third-order valence-electron chi connectivity index (χ3n) is 5.68. The molecule has 0 saturated heterocycles. The van der Waals surface area contributed by atoms with Crippen molar-refractivity contribution in [2.75, 3.05) is 13.2 Å². The van der Waals surface area contributed by atoms with Crippen LogP contribution in [0.25, 0.3) is 18.2 Å². The molecule has 3 aromatic rings. The fraction of sp³-hybridized carbons (Fsp3) is 0.120. The number of fused-ring (bicyclic) bond motifs is 2. The summed E-state index contributed by atoms with van der Waals surface area (Å²) in [4.78, 5) is 14.4. The molecular weight excluding hydrogens is 439 g/mol. The Kier molecular flexibility index (Phi) is 5.53. The number of nitrogens with zero attached hydrogens (tertiary/aromatic N) is 2. The van der Waals surface area contributed by atoms with Gasteiger partial charge in [0.1, 0.15) is 11.4 Å². The molecule has 1 aromatic carbocycles. The first-order chi connectivity index (χ1) is 16.5. The fourth-order valence-electron chi connectivity index (χ4n) is 4.12. The number of hydrogen-bond donors (Lipinski definition) is 1. The molecule has 0 aliphatic carbocycles. The van der Waals surface area contributed by atoms with E-state index in [1.807, 2.05) is 18.2 Å². The van der Waals surface area contributed by atoms with Gasteiger partial charge in [-0.25, -0.2) is 4.79 Å². The topological polar surface area (TPSA) is 59.3 Å². The largest absolute Gasteiger partial charge is 0.737 e. The highest BCUT2D eigenvalue weighted by Crippen LogP contribution is 2.33. The quantitative estimate of drug-likeness (QED) is 0.414. The molecule has 172 valence electrons. The Hall–Kier alpha value is -4.14. The van der Waals surface area contributed by atoms with Gasteiger partial charge >= 0.3 is 12.9 Å². The Labute approximate surface area is 195 Å². The van der Waals surface area contributed by atoms with Gasteiger partial charge in [0.15, 0.2) is 18.0 Å². The van der Waals surface area contributed by atoms with Crippen molar-refractivity contribution >= 4 is 36.9 Å². The van der Waals surface area contributed by atoms with E-state index in [9.17, 15) is 4.79 Å². The SMILES string of the molecule is CCOC(=O)COc1ccc(/C=C/c2cc3n(c2)[B-](F)(F)[N+]2=C(c4ccc[nH]4)C=CC2=C3)cc1. The molecule has 0 fully saturated rings. The van der Waals surface area contributed by atoms with Crippen LogP contribution < -0.4 is 4.74 Å². The standard InChI is InChI=1S/C25H22BF2N3O3/c1-2-33-25(32)17-34-22-10-7-18(8-11-22)5-6-19-14-21-15-20-9-12-24(23-4-3-13-29-23)31(20)26(27,28)30(21)16-19/h3-16,29H,2,17H2,1H3/b6-5+. The van der Waals surface area contributed by atoms with Crippen molar-refractivity contribution in [3.05, 3.63) is 95.2 Å². The van der Waals surface area contributed by atoms with E-state index in [1.165, 1.54) is 6.20 Å². The van der Waals surface area contributed by atoms with Crippen LogP contribution in [-0.2, 0) is 9.53 Å². The summed E-state index contributed by atoms with van der Waals surface area (Å²) in [6.07, 6.45) is 12.0. The summed E-state index contributed by atoms with van der Waals surface area (Å²) in [6.45, 7) is -2.16. The number of carbonyl (C=O) groups excluding carboxylic acids is 1. The molecular formula is C25H22BF2N3O3. The van der Waals surface area contributed by atoms with Crippen LogP contribution >= 0.6 is 0 Å². The van der Waals surface area contributed by atoms with Crippen LogP contribution in [0.5, 0.6) is 5.75 Å². The second-order valence-electron chi connectivity index (χ2n) is 7.93. The normalized spacial score (nSPS) is 15.9. The Morgan fingerprint density at radius 2 is 1.94 bits per heavy atom. The number of halogens is 2. The number of nitrogens with one attached hydrogen (secondary N) is 1. The van der Waals surface area contributed by atoms with E-state index < -0.39 is 12.9 Å². The summed E-state index contributed by atoms with van der Waals surface area (Å²) in [5.41, 5.74) is 3.55. The molecule has 0 amide bonds.